The van der Waals surface area contributed by atoms with E-state index in [0.29, 0.717) is 19.7 Å². The maximum atomic E-state index is 11.6. The summed E-state index contributed by atoms with van der Waals surface area (Å²) in [4.78, 5) is 11.6. The van der Waals surface area contributed by atoms with Crippen LogP contribution in [-0.4, -0.2) is 44.9 Å². The van der Waals surface area contributed by atoms with Gasteiger partial charge in [0.1, 0.15) is 0 Å². The van der Waals surface area contributed by atoms with Crippen LogP contribution < -0.4 is 16.0 Å². The van der Waals surface area contributed by atoms with E-state index in [0.717, 1.165) is 32.4 Å². The maximum Gasteiger partial charge on any atom is 0.314 e. The van der Waals surface area contributed by atoms with E-state index in [1.54, 1.807) is 0 Å². The lowest BCUT2D eigenvalue weighted by atomic mass is 10.1. The fourth-order valence-corrected chi connectivity index (χ4v) is 2.32. The van der Waals surface area contributed by atoms with E-state index in [1.807, 2.05) is 6.07 Å². The van der Waals surface area contributed by atoms with Gasteiger partial charge < -0.3 is 20.7 Å². The molecule has 1 aromatic carbocycles. The Kier molecular flexibility index (Phi) is 7.04. The normalized spacial score (nSPS) is 18.2. The molecule has 0 saturated carbocycles. The van der Waals surface area contributed by atoms with Gasteiger partial charge in [-0.15, -0.1) is 0 Å². The summed E-state index contributed by atoms with van der Waals surface area (Å²) in [6.07, 6.45) is 3.22. The van der Waals surface area contributed by atoms with Crippen LogP contribution in [0.5, 0.6) is 0 Å². The Bertz CT molecular complexity index is 405. The van der Waals surface area contributed by atoms with Crippen molar-refractivity contribution in [2.75, 3.05) is 32.8 Å². The van der Waals surface area contributed by atoms with E-state index < -0.39 is 0 Å². The molecule has 21 heavy (non-hydrogen) atoms. The molecule has 0 aliphatic carbocycles. The van der Waals surface area contributed by atoms with Crippen molar-refractivity contribution in [1.29, 1.82) is 0 Å². The van der Waals surface area contributed by atoms with Crippen LogP contribution in [0.4, 0.5) is 4.79 Å². The number of carbonyl (C=O) groups excluding carboxylic acids is 1. The average Bonchev–Trinajstić information content (AvgIpc) is 2.54. The highest BCUT2D eigenvalue weighted by atomic mass is 16.5. The molecule has 5 nitrogen and oxygen atoms in total. The molecule has 1 aliphatic rings. The summed E-state index contributed by atoms with van der Waals surface area (Å²) in [6, 6.07) is 10.3. The first-order valence-corrected chi connectivity index (χ1v) is 7.72. The highest BCUT2D eigenvalue weighted by Gasteiger charge is 2.13. The maximum absolute atomic E-state index is 11.6. The minimum Gasteiger partial charge on any atom is -0.374 e. The average molecular weight is 291 g/mol. The van der Waals surface area contributed by atoms with Crippen LogP contribution in [0.3, 0.4) is 0 Å². The highest BCUT2D eigenvalue weighted by molar-refractivity contribution is 5.73. The number of urea groups is 1. The zero-order chi connectivity index (χ0) is 14.8. The quantitative estimate of drug-likeness (QED) is 0.664. The largest absolute Gasteiger partial charge is 0.374 e. The third-order valence-electron chi connectivity index (χ3n) is 3.52. The molecule has 1 heterocycles. The number of unbranched alkanes of at least 4 members (excludes halogenated alkanes) is 1. The van der Waals surface area contributed by atoms with Crippen LogP contribution in [0.2, 0.25) is 0 Å². The molecule has 1 aliphatic heterocycles. The van der Waals surface area contributed by atoms with E-state index in [-0.39, 0.29) is 12.1 Å². The fourth-order valence-electron chi connectivity index (χ4n) is 2.32. The Balaban J connectivity index is 1.47. The monoisotopic (exact) mass is 291 g/mol. The van der Waals surface area contributed by atoms with Gasteiger partial charge in [-0.1, -0.05) is 30.3 Å². The first kappa shape index (κ1) is 15.8. The molecule has 2 rings (SSSR count). The molecule has 1 saturated heterocycles. The van der Waals surface area contributed by atoms with Gasteiger partial charge in [-0.2, -0.15) is 0 Å². The Hall–Kier alpha value is -1.59. The predicted molar refractivity (Wildman–Crippen MR) is 83.4 cm³/mol. The molecular formula is C16H25N3O2. The number of nitrogens with one attached hydrogen (secondary N) is 3. The molecule has 5 heteroatoms. The number of benzene rings is 1. The van der Waals surface area contributed by atoms with Crippen LogP contribution in [0.15, 0.2) is 30.3 Å². The van der Waals surface area contributed by atoms with Gasteiger partial charge in [0.2, 0.25) is 0 Å². The van der Waals surface area contributed by atoms with Crippen LogP contribution in [0.25, 0.3) is 0 Å². The topological polar surface area (TPSA) is 62.4 Å². The van der Waals surface area contributed by atoms with Crippen LogP contribution >= 0.6 is 0 Å². The molecule has 2 amide bonds. The van der Waals surface area contributed by atoms with Crippen LogP contribution in [0.1, 0.15) is 18.4 Å². The summed E-state index contributed by atoms with van der Waals surface area (Å²) in [5.74, 6) is 0. The van der Waals surface area contributed by atoms with E-state index in [4.69, 9.17) is 4.74 Å². The van der Waals surface area contributed by atoms with Crippen LogP contribution in [-0.2, 0) is 11.2 Å². The molecule has 0 radical (unpaired) electrons. The summed E-state index contributed by atoms with van der Waals surface area (Å²) in [7, 11) is 0. The Morgan fingerprint density at radius 2 is 2.10 bits per heavy atom. The van der Waals surface area contributed by atoms with Gasteiger partial charge in [0.25, 0.3) is 0 Å². The van der Waals surface area contributed by atoms with Gasteiger partial charge in [-0.05, 0) is 24.8 Å². The van der Waals surface area contributed by atoms with E-state index >= 15 is 0 Å². The molecule has 0 spiro atoms. The van der Waals surface area contributed by atoms with Gasteiger partial charge in [0, 0.05) is 26.2 Å². The van der Waals surface area contributed by atoms with Gasteiger partial charge in [-0.25, -0.2) is 4.79 Å². The lowest BCUT2D eigenvalue weighted by Gasteiger charge is -2.23. The molecular weight excluding hydrogens is 266 g/mol. The van der Waals surface area contributed by atoms with Crippen molar-refractivity contribution in [2.45, 2.75) is 25.4 Å². The van der Waals surface area contributed by atoms with Crippen molar-refractivity contribution in [3.8, 4) is 0 Å². The number of hydrogen-bond acceptors (Lipinski definition) is 3. The Morgan fingerprint density at radius 1 is 1.24 bits per heavy atom. The third kappa shape index (κ3) is 6.60. The van der Waals surface area contributed by atoms with Gasteiger partial charge in [-0.3, -0.25) is 0 Å². The summed E-state index contributed by atoms with van der Waals surface area (Å²) in [6.45, 7) is 3.68. The fraction of sp³-hybridized carbons (Fsp3) is 0.562. The SMILES string of the molecule is O=C(NCCCCc1ccccc1)NC[C@H]1CNCCO1. The van der Waals surface area contributed by atoms with Crippen molar-refractivity contribution < 1.29 is 9.53 Å². The molecule has 0 unspecified atom stereocenters. The van der Waals surface area contributed by atoms with Crippen molar-refractivity contribution >= 4 is 6.03 Å². The van der Waals surface area contributed by atoms with E-state index in [2.05, 4.69) is 40.2 Å². The Morgan fingerprint density at radius 3 is 2.86 bits per heavy atom. The molecule has 1 atom stereocenters. The summed E-state index contributed by atoms with van der Waals surface area (Å²) >= 11 is 0. The van der Waals surface area contributed by atoms with Crippen molar-refractivity contribution in [3.05, 3.63) is 35.9 Å². The summed E-state index contributed by atoms with van der Waals surface area (Å²) < 4.78 is 5.52. The summed E-state index contributed by atoms with van der Waals surface area (Å²) in [5, 5.41) is 8.97. The van der Waals surface area contributed by atoms with Gasteiger partial charge >= 0.3 is 6.03 Å². The molecule has 0 bridgehead atoms. The number of hydrogen-bond donors (Lipinski definition) is 3. The zero-order valence-electron chi connectivity index (χ0n) is 12.4. The third-order valence-corrected chi connectivity index (χ3v) is 3.52. The standard InChI is InChI=1S/C16H25N3O2/c20-16(19-13-15-12-17-10-11-21-15)18-9-5-4-8-14-6-2-1-3-7-14/h1-3,6-7,15,17H,4-5,8-13H2,(H2,18,19,20)/t15-/m1/s1. The lowest BCUT2D eigenvalue weighted by Crippen LogP contribution is -2.47. The molecule has 3 N–H and O–H groups in total. The van der Waals surface area contributed by atoms with E-state index in [1.165, 1.54) is 5.56 Å². The minimum atomic E-state index is -0.108. The predicted octanol–water partition coefficient (Wildman–Crippen LogP) is 1.30. The number of aryl methyl sites for hydroxylation is 1. The first-order valence-electron chi connectivity index (χ1n) is 7.72. The number of ether oxygens (including phenoxy) is 1. The smallest absolute Gasteiger partial charge is 0.314 e. The van der Waals surface area contributed by atoms with Crippen molar-refractivity contribution in [2.24, 2.45) is 0 Å². The van der Waals surface area contributed by atoms with Crippen LogP contribution in [0, 0.1) is 0 Å². The second-order valence-corrected chi connectivity index (χ2v) is 5.28. The summed E-state index contributed by atoms with van der Waals surface area (Å²) in [5.41, 5.74) is 1.35. The first-order chi connectivity index (χ1) is 10.3. The molecule has 1 aromatic rings. The Labute approximate surface area is 126 Å². The molecule has 116 valence electrons. The number of morpholine rings is 1. The molecule has 1 fully saturated rings. The lowest BCUT2D eigenvalue weighted by molar-refractivity contribution is 0.0307. The number of rotatable bonds is 7. The zero-order valence-corrected chi connectivity index (χ0v) is 12.4. The van der Waals surface area contributed by atoms with Gasteiger partial charge in [0.05, 0.1) is 12.7 Å². The minimum absolute atomic E-state index is 0.0857. The second-order valence-electron chi connectivity index (χ2n) is 5.28. The van der Waals surface area contributed by atoms with Gasteiger partial charge in [0.15, 0.2) is 0 Å². The number of carbonyl (C=O) groups is 1. The second kappa shape index (κ2) is 9.37. The number of amides is 2. The van der Waals surface area contributed by atoms with Crippen molar-refractivity contribution in [1.82, 2.24) is 16.0 Å². The highest BCUT2D eigenvalue weighted by Crippen LogP contribution is 2.03. The van der Waals surface area contributed by atoms with E-state index in [9.17, 15) is 4.79 Å². The van der Waals surface area contributed by atoms with Crippen molar-refractivity contribution in [3.63, 3.8) is 0 Å². The molecule has 0 aromatic heterocycles.